The van der Waals surface area contributed by atoms with E-state index in [0.29, 0.717) is 17.5 Å². The fourth-order valence-electron chi connectivity index (χ4n) is 3.74. The van der Waals surface area contributed by atoms with Gasteiger partial charge in [-0.15, -0.1) is 0 Å². The first kappa shape index (κ1) is 24.1. The van der Waals surface area contributed by atoms with E-state index in [9.17, 15) is 18.4 Å². The molecule has 3 rings (SSSR count). The maximum atomic E-state index is 13.6. The SMILES string of the molecule is COC(=O)CCc1c(C)nn(-c2ccc(C(=O)N(C)C(C)c3ccc(F)c(F)c3)cc2)c1C. The minimum Gasteiger partial charge on any atom is -0.469 e. The number of methoxy groups -OCH3 is 1. The number of halogens is 2. The van der Waals surface area contributed by atoms with Gasteiger partial charge in [0.15, 0.2) is 11.6 Å². The molecule has 0 saturated heterocycles. The van der Waals surface area contributed by atoms with E-state index in [0.717, 1.165) is 34.8 Å². The Morgan fingerprint density at radius 1 is 1.09 bits per heavy atom. The average Bonchev–Trinajstić information content (AvgIpc) is 3.10. The van der Waals surface area contributed by atoms with Crippen LogP contribution in [0, 0.1) is 25.5 Å². The normalized spacial score (nSPS) is 11.8. The molecule has 0 N–H and O–H groups in total. The number of carbonyl (C=O) groups excluding carboxylic acids is 2. The van der Waals surface area contributed by atoms with Gasteiger partial charge in [-0.25, -0.2) is 13.5 Å². The minimum atomic E-state index is -0.944. The number of hydrogen-bond acceptors (Lipinski definition) is 4. The fraction of sp³-hybridized carbons (Fsp3) is 0.320. The van der Waals surface area contributed by atoms with Crippen LogP contribution in [0.3, 0.4) is 0 Å². The van der Waals surface area contributed by atoms with Gasteiger partial charge in [0.1, 0.15) is 0 Å². The Balaban J connectivity index is 1.77. The molecule has 1 aromatic heterocycles. The molecule has 0 aliphatic carbocycles. The molecule has 2 aromatic carbocycles. The Labute approximate surface area is 191 Å². The van der Waals surface area contributed by atoms with E-state index < -0.39 is 17.7 Å². The van der Waals surface area contributed by atoms with Crippen LogP contribution in [0.15, 0.2) is 42.5 Å². The summed E-state index contributed by atoms with van der Waals surface area (Å²) in [5, 5.41) is 4.58. The van der Waals surface area contributed by atoms with Gasteiger partial charge in [-0.1, -0.05) is 6.07 Å². The molecule has 0 bridgehead atoms. The van der Waals surface area contributed by atoms with E-state index in [1.807, 2.05) is 13.8 Å². The summed E-state index contributed by atoms with van der Waals surface area (Å²) >= 11 is 0. The fourth-order valence-corrected chi connectivity index (χ4v) is 3.74. The van der Waals surface area contributed by atoms with Gasteiger partial charge in [-0.2, -0.15) is 5.10 Å². The lowest BCUT2D eigenvalue weighted by Gasteiger charge is -2.25. The van der Waals surface area contributed by atoms with Crippen molar-refractivity contribution in [3.05, 3.63) is 82.2 Å². The molecule has 1 amide bonds. The molecular formula is C25H27F2N3O3. The van der Waals surface area contributed by atoms with Crippen LogP contribution in [0.4, 0.5) is 8.78 Å². The summed E-state index contributed by atoms with van der Waals surface area (Å²) in [5.74, 6) is -2.38. The Morgan fingerprint density at radius 2 is 1.76 bits per heavy atom. The minimum absolute atomic E-state index is 0.245. The number of aryl methyl sites for hydroxylation is 1. The summed E-state index contributed by atoms with van der Waals surface area (Å²) in [6.07, 6.45) is 0.813. The van der Waals surface area contributed by atoms with E-state index in [4.69, 9.17) is 4.74 Å². The number of carbonyl (C=O) groups is 2. The van der Waals surface area contributed by atoms with Gasteiger partial charge in [0.2, 0.25) is 0 Å². The number of benzene rings is 2. The predicted molar refractivity (Wildman–Crippen MR) is 120 cm³/mol. The monoisotopic (exact) mass is 455 g/mol. The third-order valence-corrected chi connectivity index (χ3v) is 5.93. The van der Waals surface area contributed by atoms with Gasteiger partial charge < -0.3 is 9.64 Å². The second kappa shape index (κ2) is 9.94. The summed E-state index contributed by atoms with van der Waals surface area (Å²) in [4.78, 5) is 25.9. The van der Waals surface area contributed by atoms with Crippen LogP contribution in [-0.2, 0) is 16.0 Å². The Bertz CT molecular complexity index is 1170. The molecule has 1 atom stereocenters. The quantitative estimate of drug-likeness (QED) is 0.484. The number of ether oxygens (including phenoxy) is 1. The lowest BCUT2D eigenvalue weighted by Crippen LogP contribution is -2.29. The van der Waals surface area contributed by atoms with E-state index >= 15 is 0 Å². The Kier molecular flexibility index (Phi) is 7.26. The predicted octanol–water partition coefficient (Wildman–Crippen LogP) is 4.71. The van der Waals surface area contributed by atoms with Crippen molar-refractivity contribution in [3.8, 4) is 5.69 Å². The van der Waals surface area contributed by atoms with E-state index in [2.05, 4.69) is 5.10 Å². The van der Waals surface area contributed by atoms with Crippen LogP contribution in [0.5, 0.6) is 0 Å². The molecule has 0 fully saturated rings. The molecule has 1 heterocycles. The lowest BCUT2D eigenvalue weighted by molar-refractivity contribution is -0.140. The van der Waals surface area contributed by atoms with Crippen molar-refractivity contribution in [1.29, 1.82) is 0 Å². The van der Waals surface area contributed by atoms with Crippen LogP contribution in [0.1, 0.15) is 52.3 Å². The molecule has 0 aliphatic heterocycles. The summed E-state index contributed by atoms with van der Waals surface area (Å²) in [5.41, 5.74) is 4.48. The van der Waals surface area contributed by atoms with Gasteiger partial charge in [0, 0.05) is 24.7 Å². The number of amides is 1. The van der Waals surface area contributed by atoms with Gasteiger partial charge >= 0.3 is 5.97 Å². The van der Waals surface area contributed by atoms with Gasteiger partial charge in [0.05, 0.1) is 24.5 Å². The van der Waals surface area contributed by atoms with E-state index in [1.54, 1.807) is 42.9 Å². The Hall–Kier alpha value is -3.55. The second-order valence-electron chi connectivity index (χ2n) is 7.95. The van der Waals surface area contributed by atoms with E-state index in [1.165, 1.54) is 18.1 Å². The third kappa shape index (κ3) is 5.10. The van der Waals surface area contributed by atoms with Crippen molar-refractivity contribution in [3.63, 3.8) is 0 Å². The molecular weight excluding hydrogens is 428 g/mol. The first-order chi connectivity index (χ1) is 15.6. The zero-order valence-electron chi connectivity index (χ0n) is 19.4. The van der Waals surface area contributed by atoms with Gasteiger partial charge in [-0.05, 0) is 74.7 Å². The molecule has 8 heteroatoms. The number of nitrogens with zero attached hydrogens (tertiary/aromatic N) is 3. The molecule has 6 nitrogen and oxygen atoms in total. The maximum Gasteiger partial charge on any atom is 0.305 e. The van der Waals surface area contributed by atoms with E-state index in [-0.39, 0.29) is 18.3 Å². The maximum absolute atomic E-state index is 13.6. The van der Waals surface area contributed by atoms with Gasteiger partial charge in [-0.3, -0.25) is 9.59 Å². The van der Waals surface area contributed by atoms with Crippen molar-refractivity contribution in [2.45, 2.75) is 39.7 Å². The first-order valence-corrected chi connectivity index (χ1v) is 10.6. The number of hydrogen-bond donors (Lipinski definition) is 0. The zero-order valence-corrected chi connectivity index (χ0v) is 19.4. The molecule has 0 spiro atoms. The highest BCUT2D eigenvalue weighted by molar-refractivity contribution is 5.94. The molecule has 0 aliphatic rings. The molecule has 0 saturated carbocycles. The summed E-state index contributed by atoms with van der Waals surface area (Å²) in [6, 6.07) is 10.2. The smallest absolute Gasteiger partial charge is 0.305 e. The van der Waals surface area contributed by atoms with Crippen LogP contribution in [-0.4, -0.2) is 40.7 Å². The third-order valence-electron chi connectivity index (χ3n) is 5.93. The highest BCUT2D eigenvalue weighted by atomic mass is 19.2. The lowest BCUT2D eigenvalue weighted by atomic mass is 10.1. The molecule has 1 unspecified atom stereocenters. The van der Waals surface area contributed by atoms with Crippen molar-refractivity contribution in [2.24, 2.45) is 0 Å². The average molecular weight is 456 g/mol. The summed E-state index contributed by atoms with van der Waals surface area (Å²) in [7, 11) is 2.99. The van der Waals surface area contributed by atoms with Crippen LogP contribution in [0.25, 0.3) is 5.69 Å². The molecule has 0 radical (unpaired) electrons. The van der Waals surface area contributed by atoms with Crippen molar-refractivity contribution in [2.75, 3.05) is 14.2 Å². The molecule has 3 aromatic rings. The van der Waals surface area contributed by atoms with Crippen molar-refractivity contribution in [1.82, 2.24) is 14.7 Å². The standard InChI is InChI=1S/C25H27F2N3O3/c1-15-21(11-13-24(31)33-5)17(3)30(28-15)20-9-6-18(7-10-20)25(32)29(4)16(2)19-8-12-22(26)23(27)14-19/h6-10,12,14,16H,11,13H2,1-5H3. The Morgan fingerprint density at radius 3 is 2.36 bits per heavy atom. The van der Waals surface area contributed by atoms with Crippen molar-refractivity contribution >= 4 is 11.9 Å². The molecule has 174 valence electrons. The number of aromatic nitrogens is 2. The summed E-state index contributed by atoms with van der Waals surface area (Å²) in [6.45, 7) is 5.58. The first-order valence-electron chi connectivity index (χ1n) is 10.6. The van der Waals surface area contributed by atoms with Gasteiger partial charge in [0.25, 0.3) is 5.91 Å². The number of esters is 1. The number of rotatable bonds is 7. The van der Waals surface area contributed by atoms with Crippen LogP contribution < -0.4 is 0 Å². The summed E-state index contributed by atoms with van der Waals surface area (Å²) < 4.78 is 33.3. The van der Waals surface area contributed by atoms with Crippen LogP contribution in [0.2, 0.25) is 0 Å². The van der Waals surface area contributed by atoms with Crippen LogP contribution >= 0.6 is 0 Å². The zero-order chi connectivity index (χ0) is 24.3. The highest BCUT2D eigenvalue weighted by Gasteiger charge is 2.21. The second-order valence-corrected chi connectivity index (χ2v) is 7.95. The largest absolute Gasteiger partial charge is 0.469 e. The topological polar surface area (TPSA) is 64.4 Å². The van der Waals surface area contributed by atoms with Crippen molar-refractivity contribution < 1.29 is 23.1 Å². The molecule has 33 heavy (non-hydrogen) atoms. The highest BCUT2D eigenvalue weighted by Crippen LogP contribution is 2.24.